The van der Waals surface area contributed by atoms with Crippen molar-refractivity contribution in [1.82, 2.24) is 15.3 Å². The number of benzene rings is 1. The molecule has 3 aromatic rings. The maximum absolute atomic E-state index is 11.9. The van der Waals surface area contributed by atoms with E-state index in [-0.39, 0.29) is 24.9 Å². The van der Waals surface area contributed by atoms with Crippen LogP contribution in [0.3, 0.4) is 0 Å². The van der Waals surface area contributed by atoms with Gasteiger partial charge in [0, 0.05) is 12.1 Å². The Bertz CT molecular complexity index is 858. The Morgan fingerprint density at radius 3 is 3.08 bits per heavy atom. The summed E-state index contributed by atoms with van der Waals surface area (Å²) in [6.45, 7) is 3.62. The number of carbonyl (C=O) groups is 1. The Hall–Kier alpha value is -2.45. The third-order valence-electron chi connectivity index (χ3n) is 3.26. The highest BCUT2D eigenvalue weighted by Crippen LogP contribution is 2.25. The molecule has 1 unspecified atom stereocenters. The van der Waals surface area contributed by atoms with Crippen LogP contribution in [0, 0.1) is 6.92 Å². The van der Waals surface area contributed by atoms with Crippen molar-refractivity contribution in [3.05, 3.63) is 41.1 Å². The number of aromatic nitrogens is 2. The Morgan fingerprint density at radius 2 is 2.29 bits per heavy atom. The lowest BCUT2D eigenvalue weighted by molar-refractivity contribution is 0.0917. The number of thiazole rings is 1. The second-order valence-corrected chi connectivity index (χ2v) is 6.57. The monoisotopic (exact) mass is 347 g/mol. The number of hydrogen-bond donors (Lipinski definition) is 2. The zero-order chi connectivity index (χ0) is 17.1. The number of fused-ring (bicyclic) bond motifs is 1. The van der Waals surface area contributed by atoms with Gasteiger partial charge in [-0.2, -0.15) is 0 Å². The summed E-state index contributed by atoms with van der Waals surface area (Å²) < 4.78 is 12.0. The Kier molecular flexibility index (Phi) is 4.77. The van der Waals surface area contributed by atoms with Gasteiger partial charge in [0.05, 0.1) is 21.8 Å². The largest absolute Gasteiger partial charge is 0.484 e. The van der Waals surface area contributed by atoms with Crippen LogP contribution >= 0.6 is 11.3 Å². The number of rotatable bonds is 6. The first-order valence-corrected chi connectivity index (χ1v) is 8.23. The minimum absolute atomic E-state index is 0.109. The second kappa shape index (κ2) is 6.98. The maximum atomic E-state index is 11.9. The van der Waals surface area contributed by atoms with Crippen LogP contribution in [0.2, 0.25) is 0 Å². The summed E-state index contributed by atoms with van der Waals surface area (Å²) in [7, 11) is 0. The molecule has 3 rings (SSSR count). The molecule has 1 aromatic carbocycles. The Labute approximate surface area is 142 Å². The van der Waals surface area contributed by atoms with E-state index in [1.54, 1.807) is 18.3 Å². The van der Waals surface area contributed by atoms with E-state index in [9.17, 15) is 4.79 Å². The highest BCUT2D eigenvalue weighted by Gasteiger charge is 2.14. The molecule has 1 atom stereocenters. The van der Waals surface area contributed by atoms with E-state index >= 15 is 0 Å². The normalized spacial score (nSPS) is 12.3. The predicted octanol–water partition coefficient (Wildman–Crippen LogP) is 2.28. The molecule has 0 saturated heterocycles. The molecule has 2 aromatic heterocycles. The van der Waals surface area contributed by atoms with Crippen LogP contribution in [0.1, 0.15) is 28.3 Å². The minimum Gasteiger partial charge on any atom is -0.484 e. The topological polar surface area (TPSA) is 97.5 Å². The van der Waals surface area contributed by atoms with Crippen molar-refractivity contribution < 1.29 is 19.1 Å². The molecular formula is C16H17N3O4S. The van der Waals surface area contributed by atoms with E-state index in [0.29, 0.717) is 11.6 Å². The third kappa shape index (κ3) is 3.72. The molecule has 0 radical (unpaired) electrons. The SMILES string of the molecule is Cc1nc2cc(OCc3nc(C(=O)NC(C)CO)co3)ccc2s1. The lowest BCUT2D eigenvalue weighted by Gasteiger charge is -2.08. The number of aryl methyl sites for hydroxylation is 1. The van der Waals surface area contributed by atoms with E-state index < -0.39 is 5.91 Å². The van der Waals surface area contributed by atoms with Crippen LogP contribution in [0.25, 0.3) is 10.2 Å². The zero-order valence-electron chi connectivity index (χ0n) is 13.3. The number of aliphatic hydroxyl groups is 1. The number of aliphatic hydroxyl groups excluding tert-OH is 1. The highest BCUT2D eigenvalue weighted by atomic mass is 32.1. The van der Waals surface area contributed by atoms with Gasteiger partial charge in [0.2, 0.25) is 5.89 Å². The van der Waals surface area contributed by atoms with Crippen molar-refractivity contribution in [3.8, 4) is 5.75 Å². The number of oxazole rings is 1. The summed E-state index contributed by atoms with van der Waals surface area (Å²) in [6.07, 6.45) is 1.27. The average molecular weight is 347 g/mol. The van der Waals surface area contributed by atoms with Gasteiger partial charge < -0.3 is 19.6 Å². The van der Waals surface area contributed by atoms with Crippen LogP contribution < -0.4 is 10.1 Å². The minimum atomic E-state index is -0.397. The molecule has 126 valence electrons. The average Bonchev–Trinajstić information content (AvgIpc) is 3.17. The molecule has 24 heavy (non-hydrogen) atoms. The summed E-state index contributed by atoms with van der Waals surface area (Å²) in [5.41, 5.74) is 1.04. The van der Waals surface area contributed by atoms with Gasteiger partial charge in [-0.1, -0.05) is 0 Å². The maximum Gasteiger partial charge on any atom is 0.273 e. The number of nitrogens with zero attached hydrogens (tertiary/aromatic N) is 2. The molecule has 2 N–H and O–H groups in total. The number of nitrogens with one attached hydrogen (secondary N) is 1. The molecule has 1 amide bonds. The van der Waals surface area contributed by atoms with Gasteiger partial charge in [-0.05, 0) is 26.0 Å². The van der Waals surface area contributed by atoms with Gasteiger partial charge in [0.15, 0.2) is 12.3 Å². The molecule has 0 aliphatic rings. The first-order valence-electron chi connectivity index (χ1n) is 7.41. The lowest BCUT2D eigenvalue weighted by Crippen LogP contribution is -2.35. The summed E-state index contributed by atoms with van der Waals surface area (Å²) in [5, 5.41) is 12.5. The quantitative estimate of drug-likeness (QED) is 0.710. The summed E-state index contributed by atoms with van der Waals surface area (Å²) >= 11 is 1.63. The second-order valence-electron chi connectivity index (χ2n) is 5.33. The van der Waals surface area contributed by atoms with Crippen LogP contribution in [-0.4, -0.2) is 33.6 Å². The summed E-state index contributed by atoms with van der Waals surface area (Å²) in [4.78, 5) is 20.4. The van der Waals surface area contributed by atoms with Crippen molar-refractivity contribution in [1.29, 1.82) is 0 Å². The number of amides is 1. The van der Waals surface area contributed by atoms with Crippen LogP contribution in [-0.2, 0) is 6.61 Å². The standard InChI is InChI=1S/C16H17N3O4S/c1-9(6-20)17-16(21)13-7-23-15(19-13)8-22-11-3-4-14-12(5-11)18-10(2)24-14/h3-5,7,9,20H,6,8H2,1-2H3,(H,17,21). The fourth-order valence-electron chi connectivity index (χ4n) is 2.08. The third-order valence-corrected chi connectivity index (χ3v) is 4.22. The molecule has 0 aliphatic carbocycles. The first kappa shape index (κ1) is 16.4. The zero-order valence-corrected chi connectivity index (χ0v) is 14.1. The van der Waals surface area contributed by atoms with E-state index in [1.165, 1.54) is 6.26 Å². The summed E-state index contributed by atoms with van der Waals surface area (Å²) in [6, 6.07) is 5.33. The van der Waals surface area contributed by atoms with Gasteiger partial charge >= 0.3 is 0 Å². The van der Waals surface area contributed by atoms with Gasteiger partial charge in [-0.3, -0.25) is 4.79 Å². The Morgan fingerprint density at radius 1 is 1.46 bits per heavy atom. The van der Waals surface area contributed by atoms with E-state index in [1.807, 2.05) is 25.1 Å². The van der Waals surface area contributed by atoms with Crippen molar-refractivity contribution >= 4 is 27.5 Å². The van der Waals surface area contributed by atoms with E-state index in [4.69, 9.17) is 14.3 Å². The van der Waals surface area contributed by atoms with Crippen LogP contribution in [0.5, 0.6) is 5.75 Å². The molecule has 0 bridgehead atoms. The molecule has 0 spiro atoms. The number of hydrogen-bond acceptors (Lipinski definition) is 7. The lowest BCUT2D eigenvalue weighted by atomic mass is 10.3. The molecule has 0 fully saturated rings. The molecular weight excluding hydrogens is 330 g/mol. The van der Waals surface area contributed by atoms with Crippen molar-refractivity contribution in [2.24, 2.45) is 0 Å². The molecule has 0 aliphatic heterocycles. The van der Waals surface area contributed by atoms with Crippen molar-refractivity contribution in [2.75, 3.05) is 6.61 Å². The fraction of sp³-hybridized carbons (Fsp3) is 0.312. The van der Waals surface area contributed by atoms with Crippen LogP contribution in [0.15, 0.2) is 28.9 Å². The van der Waals surface area contributed by atoms with Gasteiger partial charge in [-0.25, -0.2) is 9.97 Å². The number of carbonyl (C=O) groups excluding carboxylic acids is 1. The van der Waals surface area contributed by atoms with E-state index in [2.05, 4.69) is 15.3 Å². The van der Waals surface area contributed by atoms with Crippen molar-refractivity contribution in [3.63, 3.8) is 0 Å². The smallest absolute Gasteiger partial charge is 0.273 e. The molecule has 8 heteroatoms. The van der Waals surface area contributed by atoms with Crippen LogP contribution in [0.4, 0.5) is 0 Å². The van der Waals surface area contributed by atoms with Gasteiger partial charge in [0.25, 0.3) is 5.91 Å². The molecule has 7 nitrogen and oxygen atoms in total. The van der Waals surface area contributed by atoms with Gasteiger partial charge in [-0.15, -0.1) is 11.3 Å². The highest BCUT2D eigenvalue weighted by molar-refractivity contribution is 7.18. The predicted molar refractivity (Wildman–Crippen MR) is 89.2 cm³/mol. The molecule has 0 saturated carbocycles. The fourth-order valence-corrected chi connectivity index (χ4v) is 2.89. The van der Waals surface area contributed by atoms with E-state index in [0.717, 1.165) is 15.2 Å². The first-order chi connectivity index (χ1) is 11.5. The van der Waals surface area contributed by atoms with Crippen molar-refractivity contribution in [2.45, 2.75) is 26.5 Å². The Balaban J connectivity index is 1.62. The summed E-state index contributed by atoms with van der Waals surface area (Å²) in [5.74, 6) is 0.558. The molecule has 2 heterocycles. The number of ether oxygens (including phenoxy) is 1. The van der Waals surface area contributed by atoms with Gasteiger partial charge in [0.1, 0.15) is 12.0 Å².